The fourth-order valence-electron chi connectivity index (χ4n) is 7.46. The Hall–Kier alpha value is -1.14. The number of fused-ring (bicyclic) bond motifs is 3. The second kappa shape index (κ2) is 9.61. The van der Waals surface area contributed by atoms with Crippen molar-refractivity contribution in [3.8, 4) is 0 Å². The first-order valence-corrected chi connectivity index (χ1v) is 12.7. The van der Waals surface area contributed by atoms with Crippen molar-refractivity contribution < 1.29 is 29.3 Å². The number of aliphatic hydroxyl groups excluding tert-OH is 1. The van der Waals surface area contributed by atoms with Crippen LogP contribution in [0.3, 0.4) is 0 Å². The third-order valence-corrected chi connectivity index (χ3v) is 9.68. The minimum absolute atomic E-state index is 0.0768. The van der Waals surface area contributed by atoms with Crippen LogP contribution in [0.15, 0.2) is 0 Å². The van der Waals surface area contributed by atoms with Crippen LogP contribution in [0, 0.1) is 40.4 Å². The van der Waals surface area contributed by atoms with Crippen LogP contribution in [0.1, 0.15) is 92.4 Å². The Bertz CT molecular complexity index is 690. The van der Waals surface area contributed by atoms with E-state index in [0.29, 0.717) is 41.4 Å². The summed E-state index contributed by atoms with van der Waals surface area (Å²) in [5.41, 5.74) is -0.207. The summed E-state index contributed by atoms with van der Waals surface area (Å²) in [6.07, 6.45) is 6.50. The molecular weight excluding hydrogens is 408 g/mol. The normalized spacial score (nSPS) is 41.0. The Morgan fingerprint density at radius 1 is 0.906 bits per heavy atom. The van der Waals surface area contributed by atoms with Crippen molar-refractivity contribution in [2.45, 2.75) is 98.2 Å². The number of aliphatic hydroxyl groups is 2. The average molecular weight is 453 g/mol. The Kier molecular flexibility index (Phi) is 7.66. The van der Waals surface area contributed by atoms with Crippen LogP contribution < -0.4 is 0 Å². The molecule has 0 aromatic heterocycles. The molecule has 32 heavy (non-hydrogen) atoms. The van der Waals surface area contributed by atoms with E-state index in [1.807, 2.05) is 0 Å². The van der Waals surface area contributed by atoms with Crippen molar-refractivity contribution in [1.82, 2.24) is 0 Å². The molecule has 1 unspecified atom stereocenters. The van der Waals surface area contributed by atoms with E-state index in [2.05, 4.69) is 34.6 Å². The molecule has 2 N–H and O–H groups in total. The molecule has 184 valence electrons. The van der Waals surface area contributed by atoms with Gasteiger partial charge in [0.15, 0.2) is 0 Å². The summed E-state index contributed by atoms with van der Waals surface area (Å²) in [5, 5.41) is 20.6. The number of hydrogen-bond donors (Lipinski definition) is 2. The van der Waals surface area contributed by atoms with Gasteiger partial charge in [-0.1, -0.05) is 41.0 Å². The van der Waals surface area contributed by atoms with Crippen LogP contribution in [0.25, 0.3) is 0 Å². The molecule has 0 spiro atoms. The fourth-order valence-corrected chi connectivity index (χ4v) is 7.46. The average Bonchev–Trinajstić information content (AvgIpc) is 2.72. The van der Waals surface area contributed by atoms with Crippen molar-refractivity contribution in [3.63, 3.8) is 0 Å². The Labute approximate surface area is 193 Å². The molecule has 0 aromatic rings. The van der Waals surface area contributed by atoms with Crippen LogP contribution >= 0.6 is 0 Å². The van der Waals surface area contributed by atoms with E-state index in [1.54, 1.807) is 0 Å². The standard InChI is InChI=1S/C26H44O6/c1-17-6-7-19-16-21-18(2)10-13-26(30,25(21,5)12-11-20(17)24(19,3)4)32-23(29)9-8-22(28)31-15-14-27/h17-21,27,30H,6-16H2,1-5H3/t17-,18-,19+,20+,21-,25+,26?/m1/s1. The summed E-state index contributed by atoms with van der Waals surface area (Å²) < 4.78 is 10.6. The zero-order valence-corrected chi connectivity index (χ0v) is 20.7. The molecule has 6 nitrogen and oxygen atoms in total. The van der Waals surface area contributed by atoms with E-state index in [1.165, 1.54) is 12.8 Å². The first-order valence-electron chi connectivity index (χ1n) is 12.7. The highest BCUT2D eigenvalue weighted by molar-refractivity contribution is 5.77. The number of carbonyl (C=O) groups is 2. The number of esters is 2. The summed E-state index contributed by atoms with van der Waals surface area (Å²) in [6, 6.07) is 0. The molecule has 0 saturated heterocycles. The van der Waals surface area contributed by atoms with Crippen molar-refractivity contribution in [2.24, 2.45) is 40.4 Å². The first-order chi connectivity index (χ1) is 14.9. The van der Waals surface area contributed by atoms with Crippen molar-refractivity contribution in [3.05, 3.63) is 0 Å². The minimum atomic E-state index is -1.50. The Morgan fingerprint density at radius 3 is 2.25 bits per heavy atom. The van der Waals surface area contributed by atoms with E-state index in [-0.39, 0.29) is 26.1 Å². The van der Waals surface area contributed by atoms with E-state index < -0.39 is 23.1 Å². The SMILES string of the molecule is C[C@@H]1CCC(O)(OC(=O)CCC(=O)OCCO)[C@@]2(C)CC[C@H]3[C@H](C)CC[C@@H](C[C@H]12)C3(C)C. The molecule has 0 radical (unpaired) electrons. The molecule has 7 atom stereocenters. The lowest BCUT2D eigenvalue weighted by molar-refractivity contribution is -0.301. The molecule has 3 aliphatic rings. The van der Waals surface area contributed by atoms with Crippen molar-refractivity contribution in [1.29, 1.82) is 0 Å². The van der Waals surface area contributed by atoms with Crippen molar-refractivity contribution >= 4 is 11.9 Å². The highest BCUT2D eigenvalue weighted by Crippen LogP contribution is 2.62. The molecule has 0 amide bonds. The lowest BCUT2D eigenvalue weighted by atomic mass is 9.47. The number of rotatable bonds is 6. The number of hydrogen-bond acceptors (Lipinski definition) is 6. The van der Waals surface area contributed by atoms with E-state index in [9.17, 15) is 14.7 Å². The van der Waals surface area contributed by atoms with Gasteiger partial charge in [0.2, 0.25) is 5.79 Å². The van der Waals surface area contributed by atoms with Gasteiger partial charge in [-0.05, 0) is 67.1 Å². The van der Waals surface area contributed by atoms with E-state index in [4.69, 9.17) is 14.6 Å². The lowest BCUT2D eigenvalue weighted by Crippen LogP contribution is -2.60. The molecule has 2 bridgehead atoms. The summed E-state index contributed by atoms with van der Waals surface area (Å²) in [6.45, 7) is 11.4. The van der Waals surface area contributed by atoms with Crippen LogP contribution in [-0.2, 0) is 19.1 Å². The Balaban J connectivity index is 1.78. The van der Waals surface area contributed by atoms with Gasteiger partial charge in [-0.15, -0.1) is 0 Å². The zero-order valence-electron chi connectivity index (χ0n) is 20.7. The highest BCUT2D eigenvalue weighted by atomic mass is 16.7. The third kappa shape index (κ3) is 4.72. The summed E-state index contributed by atoms with van der Waals surface area (Å²) >= 11 is 0. The number of ether oxygens (including phenoxy) is 2. The van der Waals surface area contributed by atoms with Gasteiger partial charge in [0.05, 0.1) is 19.4 Å². The molecule has 3 rings (SSSR count). The minimum Gasteiger partial charge on any atom is -0.463 e. The quantitative estimate of drug-likeness (QED) is 0.457. The summed E-state index contributed by atoms with van der Waals surface area (Å²) in [7, 11) is 0. The van der Waals surface area contributed by atoms with Gasteiger partial charge in [-0.25, -0.2) is 0 Å². The maximum absolute atomic E-state index is 12.7. The molecule has 3 fully saturated rings. The second-order valence-corrected chi connectivity index (χ2v) is 11.7. The molecule has 0 aliphatic heterocycles. The highest BCUT2D eigenvalue weighted by Gasteiger charge is 2.61. The van der Waals surface area contributed by atoms with Gasteiger partial charge < -0.3 is 19.7 Å². The molecule has 0 aromatic carbocycles. The van der Waals surface area contributed by atoms with Crippen LogP contribution in [0.5, 0.6) is 0 Å². The predicted octanol–water partition coefficient (Wildman–Crippen LogP) is 4.46. The van der Waals surface area contributed by atoms with Crippen LogP contribution in [-0.4, -0.2) is 41.2 Å². The predicted molar refractivity (Wildman–Crippen MR) is 121 cm³/mol. The maximum atomic E-state index is 12.7. The monoisotopic (exact) mass is 452 g/mol. The molecule has 0 heterocycles. The van der Waals surface area contributed by atoms with Gasteiger partial charge in [0, 0.05) is 11.8 Å². The molecular formula is C26H44O6. The van der Waals surface area contributed by atoms with Gasteiger partial charge in [-0.2, -0.15) is 0 Å². The smallest absolute Gasteiger partial charge is 0.308 e. The van der Waals surface area contributed by atoms with Gasteiger partial charge >= 0.3 is 11.9 Å². The van der Waals surface area contributed by atoms with E-state index >= 15 is 0 Å². The fraction of sp³-hybridized carbons (Fsp3) is 0.923. The van der Waals surface area contributed by atoms with Crippen LogP contribution in [0.4, 0.5) is 0 Å². The largest absolute Gasteiger partial charge is 0.463 e. The zero-order chi connectivity index (χ0) is 23.7. The van der Waals surface area contributed by atoms with Crippen molar-refractivity contribution in [2.75, 3.05) is 13.2 Å². The molecule has 3 aliphatic carbocycles. The van der Waals surface area contributed by atoms with Gasteiger partial charge in [0.1, 0.15) is 6.61 Å². The Morgan fingerprint density at radius 2 is 1.56 bits per heavy atom. The number of carbonyl (C=O) groups excluding carboxylic acids is 2. The summed E-state index contributed by atoms with van der Waals surface area (Å²) in [5.74, 6) is 0.0603. The second-order valence-electron chi connectivity index (χ2n) is 11.7. The molecule has 3 saturated carbocycles. The molecule has 6 heteroatoms. The van der Waals surface area contributed by atoms with E-state index in [0.717, 1.165) is 25.7 Å². The maximum Gasteiger partial charge on any atom is 0.308 e. The lowest BCUT2D eigenvalue weighted by Gasteiger charge is -2.60. The summed E-state index contributed by atoms with van der Waals surface area (Å²) in [4.78, 5) is 24.4. The van der Waals surface area contributed by atoms with Gasteiger partial charge in [-0.3, -0.25) is 9.59 Å². The third-order valence-electron chi connectivity index (χ3n) is 9.68. The van der Waals surface area contributed by atoms with Gasteiger partial charge in [0.25, 0.3) is 0 Å². The van der Waals surface area contributed by atoms with Crippen LogP contribution in [0.2, 0.25) is 0 Å². The topological polar surface area (TPSA) is 93.1 Å². The first kappa shape index (κ1) is 25.5.